The molecule has 0 aliphatic carbocycles. The highest BCUT2D eigenvalue weighted by atomic mass is 35.5. The standard InChI is InChI=1S/C13H15Cl2N3O/c1-2-5-16-13(19)8-18-11-4-3-9(15)6-10(11)17-12(18)7-14/h3-4,6H,2,5,7-8H2,1H3,(H,16,19). The van der Waals surface area contributed by atoms with Crippen LogP contribution in [-0.2, 0) is 17.2 Å². The van der Waals surface area contributed by atoms with Crippen LogP contribution in [0.2, 0.25) is 5.02 Å². The highest BCUT2D eigenvalue weighted by molar-refractivity contribution is 6.31. The van der Waals surface area contributed by atoms with Gasteiger partial charge in [-0.1, -0.05) is 18.5 Å². The Labute approximate surface area is 121 Å². The maximum Gasteiger partial charge on any atom is 0.240 e. The number of aromatic nitrogens is 2. The summed E-state index contributed by atoms with van der Waals surface area (Å²) >= 11 is 11.8. The van der Waals surface area contributed by atoms with Gasteiger partial charge in [-0.2, -0.15) is 0 Å². The summed E-state index contributed by atoms with van der Waals surface area (Å²) in [4.78, 5) is 16.2. The van der Waals surface area contributed by atoms with E-state index in [4.69, 9.17) is 23.2 Å². The number of halogens is 2. The SMILES string of the molecule is CCCNC(=O)Cn1c(CCl)nc2cc(Cl)ccc21. The lowest BCUT2D eigenvalue weighted by molar-refractivity contribution is -0.121. The van der Waals surface area contributed by atoms with Crippen LogP contribution in [0.4, 0.5) is 0 Å². The summed E-state index contributed by atoms with van der Waals surface area (Å²) in [6.07, 6.45) is 0.911. The lowest BCUT2D eigenvalue weighted by atomic mass is 10.3. The summed E-state index contributed by atoms with van der Waals surface area (Å²) in [6, 6.07) is 5.41. The number of fused-ring (bicyclic) bond motifs is 1. The minimum absolute atomic E-state index is 0.0394. The third kappa shape index (κ3) is 3.19. The zero-order chi connectivity index (χ0) is 13.8. The molecule has 0 saturated heterocycles. The van der Waals surface area contributed by atoms with Gasteiger partial charge >= 0.3 is 0 Å². The second-order valence-electron chi connectivity index (χ2n) is 4.23. The molecule has 0 aliphatic heterocycles. The summed E-state index contributed by atoms with van der Waals surface area (Å²) in [5, 5.41) is 3.46. The Bertz CT molecular complexity index is 595. The Balaban J connectivity index is 2.32. The Morgan fingerprint density at radius 1 is 1.47 bits per heavy atom. The monoisotopic (exact) mass is 299 g/mol. The van der Waals surface area contributed by atoms with Crippen molar-refractivity contribution in [1.82, 2.24) is 14.9 Å². The van der Waals surface area contributed by atoms with Crippen LogP contribution in [0.5, 0.6) is 0 Å². The van der Waals surface area contributed by atoms with Crippen molar-refractivity contribution in [2.75, 3.05) is 6.54 Å². The van der Waals surface area contributed by atoms with Gasteiger partial charge in [0.25, 0.3) is 0 Å². The Morgan fingerprint density at radius 3 is 2.95 bits per heavy atom. The van der Waals surface area contributed by atoms with Crippen molar-refractivity contribution in [2.45, 2.75) is 25.8 Å². The van der Waals surface area contributed by atoms with Crippen LogP contribution in [0.1, 0.15) is 19.2 Å². The Morgan fingerprint density at radius 2 is 2.26 bits per heavy atom. The summed E-state index contributed by atoms with van der Waals surface area (Å²) in [5.74, 6) is 0.890. The molecule has 0 bridgehead atoms. The third-order valence-corrected chi connectivity index (χ3v) is 3.26. The van der Waals surface area contributed by atoms with Crippen LogP contribution < -0.4 is 5.32 Å². The molecule has 2 rings (SSSR count). The van der Waals surface area contributed by atoms with Crippen molar-refractivity contribution in [3.05, 3.63) is 29.0 Å². The average Bonchev–Trinajstić information content (AvgIpc) is 2.73. The van der Waals surface area contributed by atoms with Crippen molar-refractivity contribution in [1.29, 1.82) is 0 Å². The minimum atomic E-state index is -0.0394. The maximum atomic E-state index is 11.8. The molecule has 2 aromatic rings. The fourth-order valence-electron chi connectivity index (χ4n) is 1.90. The highest BCUT2D eigenvalue weighted by Gasteiger charge is 2.13. The van der Waals surface area contributed by atoms with Crippen molar-refractivity contribution in [3.8, 4) is 0 Å². The van der Waals surface area contributed by atoms with Gasteiger partial charge in [0.2, 0.25) is 5.91 Å². The molecule has 1 amide bonds. The summed E-state index contributed by atoms with van der Waals surface area (Å²) in [6.45, 7) is 2.91. The molecule has 1 aromatic heterocycles. The third-order valence-electron chi connectivity index (χ3n) is 2.78. The second kappa shape index (κ2) is 6.26. The van der Waals surface area contributed by atoms with E-state index in [1.165, 1.54) is 0 Å². The number of hydrogen-bond donors (Lipinski definition) is 1. The number of imidazole rings is 1. The number of hydrogen-bond acceptors (Lipinski definition) is 2. The van der Waals surface area contributed by atoms with Gasteiger partial charge in [-0.15, -0.1) is 11.6 Å². The lowest BCUT2D eigenvalue weighted by Gasteiger charge is -2.08. The number of rotatable bonds is 5. The topological polar surface area (TPSA) is 46.9 Å². The number of nitrogens with zero attached hydrogens (tertiary/aromatic N) is 2. The van der Waals surface area contributed by atoms with Crippen LogP contribution in [0.3, 0.4) is 0 Å². The summed E-state index contributed by atoms with van der Waals surface area (Å²) in [7, 11) is 0. The molecule has 0 spiro atoms. The van der Waals surface area contributed by atoms with Gasteiger partial charge in [0.1, 0.15) is 12.4 Å². The molecule has 6 heteroatoms. The molecule has 0 atom stereocenters. The van der Waals surface area contributed by atoms with Crippen molar-refractivity contribution < 1.29 is 4.79 Å². The molecule has 4 nitrogen and oxygen atoms in total. The van der Waals surface area contributed by atoms with Crippen LogP contribution in [0, 0.1) is 0 Å². The number of nitrogens with one attached hydrogen (secondary N) is 1. The fraction of sp³-hybridized carbons (Fsp3) is 0.385. The molecule has 0 fully saturated rings. The molecule has 0 saturated carbocycles. The van der Waals surface area contributed by atoms with E-state index in [2.05, 4.69) is 10.3 Å². The number of alkyl halides is 1. The first-order chi connectivity index (χ1) is 9.15. The molecule has 19 heavy (non-hydrogen) atoms. The van der Waals surface area contributed by atoms with E-state index in [1.54, 1.807) is 12.1 Å². The second-order valence-corrected chi connectivity index (χ2v) is 4.93. The summed E-state index contributed by atoms with van der Waals surface area (Å²) in [5.41, 5.74) is 1.62. The molecule has 102 valence electrons. The van der Waals surface area contributed by atoms with Crippen LogP contribution in [0.15, 0.2) is 18.2 Å². The van der Waals surface area contributed by atoms with E-state index in [0.29, 0.717) is 17.4 Å². The van der Waals surface area contributed by atoms with E-state index in [0.717, 1.165) is 17.5 Å². The zero-order valence-electron chi connectivity index (χ0n) is 10.6. The predicted octanol–water partition coefficient (Wildman–Crippen LogP) is 2.95. The lowest BCUT2D eigenvalue weighted by Crippen LogP contribution is -2.28. The zero-order valence-corrected chi connectivity index (χ0v) is 12.1. The van der Waals surface area contributed by atoms with E-state index >= 15 is 0 Å². The van der Waals surface area contributed by atoms with Crippen molar-refractivity contribution >= 4 is 40.1 Å². The van der Waals surface area contributed by atoms with Crippen molar-refractivity contribution in [3.63, 3.8) is 0 Å². The van der Waals surface area contributed by atoms with E-state index in [9.17, 15) is 4.79 Å². The molecule has 1 aromatic carbocycles. The van der Waals surface area contributed by atoms with E-state index < -0.39 is 0 Å². The first-order valence-electron chi connectivity index (χ1n) is 6.13. The number of carbonyl (C=O) groups excluding carboxylic acids is 1. The van der Waals surface area contributed by atoms with Gasteiger partial charge in [-0.05, 0) is 24.6 Å². The van der Waals surface area contributed by atoms with Gasteiger partial charge < -0.3 is 9.88 Å². The first kappa shape index (κ1) is 14.2. The van der Waals surface area contributed by atoms with Gasteiger partial charge in [-0.3, -0.25) is 4.79 Å². The van der Waals surface area contributed by atoms with Gasteiger partial charge in [0.05, 0.1) is 16.9 Å². The van der Waals surface area contributed by atoms with E-state index in [1.807, 2.05) is 17.6 Å². The van der Waals surface area contributed by atoms with Crippen LogP contribution in [-0.4, -0.2) is 22.0 Å². The predicted molar refractivity (Wildman–Crippen MR) is 77.6 cm³/mol. The molecular formula is C13H15Cl2N3O. The van der Waals surface area contributed by atoms with Gasteiger partial charge in [-0.25, -0.2) is 4.98 Å². The van der Waals surface area contributed by atoms with Crippen LogP contribution in [0.25, 0.3) is 11.0 Å². The number of amides is 1. The first-order valence-corrected chi connectivity index (χ1v) is 7.04. The molecule has 0 unspecified atom stereocenters. The van der Waals surface area contributed by atoms with E-state index in [-0.39, 0.29) is 18.3 Å². The smallest absolute Gasteiger partial charge is 0.240 e. The van der Waals surface area contributed by atoms with Crippen LogP contribution >= 0.6 is 23.2 Å². The molecule has 1 heterocycles. The van der Waals surface area contributed by atoms with Gasteiger partial charge in [0.15, 0.2) is 0 Å². The fourth-order valence-corrected chi connectivity index (χ4v) is 2.27. The molecule has 0 radical (unpaired) electrons. The number of carbonyl (C=O) groups is 1. The Hall–Kier alpha value is -1.26. The van der Waals surface area contributed by atoms with Gasteiger partial charge in [0, 0.05) is 11.6 Å². The van der Waals surface area contributed by atoms with Crippen molar-refractivity contribution in [2.24, 2.45) is 0 Å². The molecular weight excluding hydrogens is 285 g/mol. The minimum Gasteiger partial charge on any atom is -0.355 e. The molecule has 0 aliphatic rings. The number of benzene rings is 1. The largest absolute Gasteiger partial charge is 0.355 e. The maximum absolute atomic E-state index is 11.8. The highest BCUT2D eigenvalue weighted by Crippen LogP contribution is 2.21. The Kier molecular flexibility index (Phi) is 4.66. The average molecular weight is 300 g/mol. The summed E-state index contributed by atoms with van der Waals surface area (Å²) < 4.78 is 1.82. The molecule has 1 N–H and O–H groups in total. The normalized spacial score (nSPS) is 10.9. The quantitative estimate of drug-likeness (QED) is 0.863.